The minimum atomic E-state index is -0.0854. The molecule has 1 unspecified atom stereocenters. The summed E-state index contributed by atoms with van der Waals surface area (Å²) in [6.07, 6.45) is 1.51. The van der Waals surface area contributed by atoms with Crippen LogP contribution >= 0.6 is 0 Å². The third-order valence-electron chi connectivity index (χ3n) is 3.88. The summed E-state index contributed by atoms with van der Waals surface area (Å²) in [5.74, 6) is 2.23. The molecule has 24 heavy (non-hydrogen) atoms. The number of nitrogens with zero attached hydrogens (tertiary/aromatic N) is 1. The van der Waals surface area contributed by atoms with Crippen molar-refractivity contribution in [2.24, 2.45) is 0 Å². The van der Waals surface area contributed by atoms with E-state index < -0.39 is 0 Å². The number of likely N-dealkylation sites (N-methyl/N-ethyl adjacent to an activating group) is 1. The lowest BCUT2D eigenvalue weighted by Gasteiger charge is -2.30. The molecule has 1 aliphatic rings. The van der Waals surface area contributed by atoms with Gasteiger partial charge in [-0.25, -0.2) is 0 Å². The summed E-state index contributed by atoms with van der Waals surface area (Å²) in [4.78, 5) is 14.1. The van der Waals surface area contributed by atoms with Crippen molar-refractivity contribution < 1.29 is 18.7 Å². The number of amides is 1. The number of hydrogen-bond donors (Lipinski definition) is 1. The van der Waals surface area contributed by atoms with Crippen LogP contribution in [0.5, 0.6) is 11.5 Å². The SMILES string of the molecule is CCN(CC(=O)NCc1ccco1)CC1COc2ccccc2O1. The van der Waals surface area contributed by atoms with Gasteiger partial charge < -0.3 is 19.2 Å². The van der Waals surface area contributed by atoms with Gasteiger partial charge in [-0.2, -0.15) is 0 Å². The normalized spacial score (nSPS) is 16.2. The highest BCUT2D eigenvalue weighted by Gasteiger charge is 2.23. The maximum absolute atomic E-state index is 12.1. The van der Waals surface area contributed by atoms with Crippen LogP contribution in [0.25, 0.3) is 0 Å². The summed E-state index contributed by atoms with van der Waals surface area (Å²) in [5.41, 5.74) is 0. The first-order valence-electron chi connectivity index (χ1n) is 8.14. The maximum atomic E-state index is 12.1. The van der Waals surface area contributed by atoms with Gasteiger partial charge in [-0.15, -0.1) is 0 Å². The molecule has 1 N–H and O–H groups in total. The molecule has 6 nitrogen and oxygen atoms in total. The maximum Gasteiger partial charge on any atom is 0.234 e. The number of para-hydroxylation sites is 2. The van der Waals surface area contributed by atoms with Gasteiger partial charge in [0.15, 0.2) is 11.5 Å². The highest BCUT2D eigenvalue weighted by Crippen LogP contribution is 2.30. The molecule has 1 aromatic heterocycles. The van der Waals surface area contributed by atoms with E-state index in [4.69, 9.17) is 13.9 Å². The van der Waals surface area contributed by atoms with Crippen molar-refractivity contribution in [3.63, 3.8) is 0 Å². The Morgan fingerprint density at radius 1 is 1.25 bits per heavy atom. The Morgan fingerprint density at radius 3 is 2.83 bits per heavy atom. The number of rotatable bonds is 7. The lowest BCUT2D eigenvalue weighted by molar-refractivity contribution is -0.122. The van der Waals surface area contributed by atoms with Crippen LogP contribution in [0, 0.1) is 0 Å². The molecule has 3 rings (SSSR count). The molecule has 0 fully saturated rings. The van der Waals surface area contributed by atoms with E-state index in [-0.39, 0.29) is 12.0 Å². The highest BCUT2D eigenvalue weighted by atomic mass is 16.6. The van der Waals surface area contributed by atoms with Crippen LogP contribution < -0.4 is 14.8 Å². The van der Waals surface area contributed by atoms with Crippen LogP contribution in [0.4, 0.5) is 0 Å². The Balaban J connectivity index is 1.47. The minimum Gasteiger partial charge on any atom is -0.486 e. The first-order chi connectivity index (χ1) is 11.7. The Hall–Kier alpha value is -2.47. The molecule has 128 valence electrons. The Morgan fingerprint density at radius 2 is 2.08 bits per heavy atom. The molecule has 6 heteroatoms. The Kier molecular flexibility index (Phi) is 5.38. The monoisotopic (exact) mass is 330 g/mol. The molecule has 0 bridgehead atoms. The molecule has 0 saturated carbocycles. The zero-order valence-corrected chi connectivity index (χ0v) is 13.7. The number of carbonyl (C=O) groups excluding carboxylic acids is 1. The van der Waals surface area contributed by atoms with Crippen molar-refractivity contribution in [2.75, 3.05) is 26.2 Å². The van der Waals surface area contributed by atoms with Crippen molar-refractivity contribution in [3.05, 3.63) is 48.4 Å². The number of benzene rings is 1. The van der Waals surface area contributed by atoms with Gasteiger partial charge in [0.05, 0.1) is 19.4 Å². The molecule has 0 radical (unpaired) electrons. The van der Waals surface area contributed by atoms with Gasteiger partial charge in [0, 0.05) is 6.54 Å². The minimum absolute atomic E-state index is 0.0367. The zero-order chi connectivity index (χ0) is 16.8. The lowest BCUT2D eigenvalue weighted by atomic mass is 10.2. The van der Waals surface area contributed by atoms with E-state index in [1.54, 1.807) is 12.3 Å². The number of fused-ring (bicyclic) bond motifs is 1. The summed E-state index contributed by atoms with van der Waals surface area (Å²) >= 11 is 0. The second-order valence-electron chi connectivity index (χ2n) is 5.68. The predicted octanol–water partition coefficient (Wildman–Crippen LogP) is 2.06. The Bertz CT molecular complexity index is 657. The van der Waals surface area contributed by atoms with Gasteiger partial charge >= 0.3 is 0 Å². The van der Waals surface area contributed by atoms with E-state index >= 15 is 0 Å². The fraction of sp³-hybridized carbons (Fsp3) is 0.389. The van der Waals surface area contributed by atoms with Gasteiger partial charge in [-0.1, -0.05) is 19.1 Å². The summed E-state index contributed by atoms with van der Waals surface area (Å²) in [7, 11) is 0. The van der Waals surface area contributed by atoms with Crippen LogP contribution in [-0.4, -0.2) is 43.2 Å². The van der Waals surface area contributed by atoms with E-state index in [0.717, 1.165) is 23.8 Å². The van der Waals surface area contributed by atoms with E-state index in [0.29, 0.717) is 26.2 Å². The molecule has 1 atom stereocenters. The highest BCUT2D eigenvalue weighted by molar-refractivity contribution is 5.77. The van der Waals surface area contributed by atoms with Crippen LogP contribution in [-0.2, 0) is 11.3 Å². The van der Waals surface area contributed by atoms with Crippen LogP contribution in [0.15, 0.2) is 47.1 Å². The fourth-order valence-corrected chi connectivity index (χ4v) is 2.60. The van der Waals surface area contributed by atoms with E-state index in [2.05, 4.69) is 5.32 Å². The number of furan rings is 1. The third-order valence-corrected chi connectivity index (χ3v) is 3.88. The summed E-state index contributed by atoms with van der Waals surface area (Å²) in [5, 5.41) is 2.86. The molecule has 1 amide bonds. The van der Waals surface area contributed by atoms with E-state index in [9.17, 15) is 4.79 Å². The summed E-state index contributed by atoms with van der Waals surface area (Å²) in [6.45, 7) is 4.63. The second-order valence-corrected chi connectivity index (χ2v) is 5.68. The lowest BCUT2D eigenvalue weighted by Crippen LogP contribution is -2.44. The number of carbonyl (C=O) groups is 1. The van der Waals surface area contributed by atoms with Gasteiger partial charge in [0.1, 0.15) is 18.5 Å². The van der Waals surface area contributed by atoms with Crippen LogP contribution in [0.2, 0.25) is 0 Å². The predicted molar refractivity (Wildman–Crippen MR) is 89.0 cm³/mol. The fourth-order valence-electron chi connectivity index (χ4n) is 2.60. The molecule has 1 aliphatic heterocycles. The Labute approximate surface area is 141 Å². The smallest absolute Gasteiger partial charge is 0.234 e. The largest absolute Gasteiger partial charge is 0.486 e. The first kappa shape index (κ1) is 16.4. The molecular formula is C18H22N2O4. The van der Waals surface area contributed by atoms with Crippen molar-refractivity contribution in [3.8, 4) is 11.5 Å². The number of ether oxygens (including phenoxy) is 2. The molecule has 0 saturated heterocycles. The average Bonchev–Trinajstić information content (AvgIpc) is 3.13. The topological polar surface area (TPSA) is 63.9 Å². The van der Waals surface area contributed by atoms with Crippen LogP contribution in [0.3, 0.4) is 0 Å². The summed E-state index contributed by atoms with van der Waals surface area (Å²) in [6, 6.07) is 11.3. The van der Waals surface area contributed by atoms with Crippen molar-refractivity contribution in [1.29, 1.82) is 0 Å². The zero-order valence-electron chi connectivity index (χ0n) is 13.7. The van der Waals surface area contributed by atoms with Gasteiger partial charge in [-0.05, 0) is 30.8 Å². The van der Waals surface area contributed by atoms with Crippen molar-refractivity contribution in [2.45, 2.75) is 19.6 Å². The second kappa shape index (κ2) is 7.88. The molecule has 2 heterocycles. The van der Waals surface area contributed by atoms with Gasteiger partial charge in [-0.3, -0.25) is 9.69 Å². The summed E-state index contributed by atoms with van der Waals surface area (Å²) < 4.78 is 16.9. The van der Waals surface area contributed by atoms with E-state index in [1.165, 1.54) is 0 Å². The molecule has 0 aliphatic carbocycles. The van der Waals surface area contributed by atoms with Crippen LogP contribution in [0.1, 0.15) is 12.7 Å². The third kappa shape index (κ3) is 4.29. The van der Waals surface area contributed by atoms with E-state index in [1.807, 2.05) is 42.2 Å². The average molecular weight is 330 g/mol. The van der Waals surface area contributed by atoms with Crippen molar-refractivity contribution in [1.82, 2.24) is 10.2 Å². The standard InChI is InChI=1S/C18H22N2O4/c1-2-20(12-18(21)19-10-14-6-5-9-22-14)11-15-13-23-16-7-3-4-8-17(16)24-15/h3-9,15H,2,10-13H2,1H3,(H,19,21). The number of hydrogen-bond acceptors (Lipinski definition) is 5. The van der Waals surface area contributed by atoms with Crippen molar-refractivity contribution >= 4 is 5.91 Å². The molecular weight excluding hydrogens is 308 g/mol. The molecule has 0 spiro atoms. The quantitative estimate of drug-likeness (QED) is 0.842. The molecule has 2 aromatic rings. The molecule has 1 aromatic carbocycles. The van der Waals surface area contributed by atoms with Gasteiger partial charge in [0.25, 0.3) is 0 Å². The van der Waals surface area contributed by atoms with Gasteiger partial charge in [0.2, 0.25) is 5.91 Å². The number of nitrogens with one attached hydrogen (secondary N) is 1. The first-order valence-corrected chi connectivity index (χ1v) is 8.14.